The molecule has 0 aliphatic carbocycles. The second-order valence-electron chi connectivity index (χ2n) is 5.03. The largest absolute Gasteiger partial charge is 0.334 e. The predicted octanol–water partition coefficient (Wildman–Crippen LogP) is 3.47. The summed E-state index contributed by atoms with van der Waals surface area (Å²) in [4.78, 5) is 13.5. The second-order valence-corrected chi connectivity index (χ2v) is 5.03. The molecule has 0 radical (unpaired) electrons. The molecule has 1 aliphatic heterocycles. The Hall–Kier alpha value is -1.31. The van der Waals surface area contributed by atoms with Crippen LogP contribution >= 0.6 is 0 Å². The Morgan fingerprint density at radius 1 is 1.41 bits per heavy atom. The maximum atomic E-state index is 11.6. The quantitative estimate of drug-likeness (QED) is 0.669. The van der Waals surface area contributed by atoms with E-state index < -0.39 is 0 Å². The Labute approximate surface area is 105 Å². The highest BCUT2D eigenvalue weighted by Crippen LogP contribution is 2.25. The van der Waals surface area contributed by atoms with E-state index in [2.05, 4.69) is 32.1 Å². The van der Waals surface area contributed by atoms with E-state index in [9.17, 15) is 4.79 Å². The first kappa shape index (κ1) is 13.8. The third kappa shape index (κ3) is 3.88. The molecule has 1 heterocycles. The van der Waals surface area contributed by atoms with Crippen molar-refractivity contribution in [2.75, 3.05) is 6.54 Å². The molecular weight excluding hydrogens is 210 g/mol. The summed E-state index contributed by atoms with van der Waals surface area (Å²) in [7, 11) is 0. The fraction of sp³-hybridized carbons (Fsp3) is 0.533. The Bertz CT molecular complexity index is 361. The van der Waals surface area contributed by atoms with Gasteiger partial charge in [-0.15, -0.1) is 0 Å². The number of allylic oxidation sites excluding steroid dienone is 5. The molecule has 2 nitrogen and oxygen atoms in total. The van der Waals surface area contributed by atoms with Crippen LogP contribution in [0.1, 0.15) is 40.5 Å². The van der Waals surface area contributed by atoms with Gasteiger partial charge in [0.25, 0.3) is 0 Å². The van der Waals surface area contributed by atoms with Gasteiger partial charge < -0.3 is 4.90 Å². The normalized spacial score (nSPS) is 20.7. The molecule has 0 bridgehead atoms. The minimum absolute atomic E-state index is 0.157. The van der Waals surface area contributed by atoms with Gasteiger partial charge in [0.15, 0.2) is 0 Å². The van der Waals surface area contributed by atoms with Crippen LogP contribution in [-0.4, -0.2) is 22.9 Å². The van der Waals surface area contributed by atoms with E-state index >= 15 is 0 Å². The molecule has 1 amide bonds. The smallest absolute Gasteiger partial charge is 0.220 e. The van der Waals surface area contributed by atoms with Crippen molar-refractivity contribution in [2.45, 2.75) is 46.1 Å². The molecule has 17 heavy (non-hydrogen) atoms. The summed E-state index contributed by atoms with van der Waals surface area (Å²) in [5.41, 5.74) is 1.13. The maximum absolute atomic E-state index is 11.6. The van der Waals surface area contributed by atoms with Gasteiger partial charge in [0.1, 0.15) is 0 Å². The van der Waals surface area contributed by atoms with Crippen LogP contribution < -0.4 is 0 Å². The molecular formula is C15H23NO. The first-order valence-corrected chi connectivity index (χ1v) is 6.26. The van der Waals surface area contributed by atoms with Gasteiger partial charge in [0.2, 0.25) is 5.91 Å². The number of nitrogens with zero attached hydrogens (tertiary/aromatic N) is 1. The lowest BCUT2D eigenvalue weighted by Crippen LogP contribution is -2.45. The van der Waals surface area contributed by atoms with Gasteiger partial charge in [0, 0.05) is 13.5 Å². The average Bonchev–Trinajstić information content (AvgIpc) is 2.36. The number of carbonyl (C=O) groups excluding carboxylic acids is 1. The van der Waals surface area contributed by atoms with Gasteiger partial charge in [-0.2, -0.15) is 0 Å². The summed E-state index contributed by atoms with van der Waals surface area (Å²) in [5.74, 6) is 0.157. The number of amides is 1. The lowest BCUT2D eigenvalue weighted by Gasteiger charge is -2.34. The van der Waals surface area contributed by atoms with Gasteiger partial charge in [-0.3, -0.25) is 4.79 Å². The molecule has 0 spiro atoms. The molecule has 1 rings (SSSR count). The van der Waals surface area contributed by atoms with E-state index in [1.807, 2.05) is 24.0 Å². The van der Waals surface area contributed by atoms with Crippen LogP contribution in [0.25, 0.3) is 0 Å². The van der Waals surface area contributed by atoms with Gasteiger partial charge in [-0.1, -0.05) is 30.4 Å². The van der Waals surface area contributed by atoms with Gasteiger partial charge in [-0.25, -0.2) is 0 Å². The van der Waals surface area contributed by atoms with E-state index in [1.54, 1.807) is 6.92 Å². The minimum atomic E-state index is -0.183. The third-order valence-electron chi connectivity index (χ3n) is 3.08. The van der Waals surface area contributed by atoms with Crippen LogP contribution in [-0.2, 0) is 4.79 Å². The summed E-state index contributed by atoms with van der Waals surface area (Å²) < 4.78 is 0. The van der Waals surface area contributed by atoms with Crippen LogP contribution in [0.4, 0.5) is 0 Å². The van der Waals surface area contributed by atoms with Gasteiger partial charge in [0.05, 0.1) is 5.54 Å². The Morgan fingerprint density at radius 3 is 2.71 bits per heavy atom. The van der Waals surface area contributed by atoms with Crippen LogP contribution in [0.2, 0.25) is 0 Å². The SMILES string of the molecule is C/C=C\C=C/C1=CC(C)(C)N(C(C)=O)CCC1. The molecule has 0 saturated heterocycles. The minimum Gasteiger partial charge on any atom is -0.334 e. The molecule has 0 aromatic rings. The molecule has 0 saturated carbocycles. The highest BCUT2D eigenvalue weighted by molar-refractivity contribution is 5.74. The van der Waals surface area contributed by atoms with Crippen molar-refractivity contribution in [3.05, 3.63) is 36.0 Å². The molecule has 0 N–H and O–H groups in total. The summed E-state index contributed by atoms with van der Waals surface area (Å²) in [6, 6.07) is 0. The molecule has 0 atom stereocenters. The summed E-state index contributed by atoms with van der Waals surface area (Å²) >= 11 is 0. The van der Waals surface area contributed by atoms with Gasteiger partial charge >= 0.3 is 0 Å². The standard InChI is InChI=1S/C15H23NO/c1-5-6-7-9-14-10-8-11-16(13(2)17)15(3,4)12-14/h5-7,9,12H,8,10-11H2,1-4H3/b6-5-,9-7-. The number of carbonyl (C=O) groups is 1. The highest BCUT2D eigenvalue weighted by Gasteiger charge is 2.28. The van der Waals surface area contributed by atoms with Crippen LogP contribution in [0.5, 0.6) is 0 Å². The molecule has 94 valence electrons. The fourth-order valence-corrected chi connectivity index (χ4v) is 2.32. The average molecular weight is 233 g/mol. The summed E-state index contributed by atoms with van der Waals surface area (Å²) in [5, 5.41) is 0. The summed E-state index contributed by atoms with van der Waals surface area (Å²) in [6.07, 6.45) is 12.5. The number of rotatable bonds is 2. The number of hydrogen-bond acceptors (Lipinski definition) is 1. The first-order valence-electron chi connectivity index (χ1n) is 6.26. The predicted molar refractivity (Wildman–Crippen MR) is 72.7 cm³/mol. The number of hydrogen-bond donors (Lipinski definition) is 0. The van der Waals surface area contributed by atoms with Crippen molar-refractivity contribution in [3.8, 4) is 0 Å². The zero-order chi connectivity index (χ0) is 12.9. The fourth-order valence-electron chi connectivity index (χ4n) is 2.32. The van der Waals surface area contributed by atoms with Crippen molar-refractivity contribution in [1.29, 1.82) is 0 Å². The third-order valence-corrected chi connectivity index (χ3v) is 3.08. The molecule has 0 unspecified atom stereocenters. The van der Waals surface area contributed by atoms with E-state index in [0.29, 0.717) is 0 Å². The van der Waals surface area contributed by atoms with Gasteiger partial charge in [-0.05, 0) is 39.2 Å². The zero-order valence-electron chi connectivity index (χ0n) is 11.4. The van der Waals surface area contributed by atoms with Crippen LogP contribution in [0.15, 0.2) is 36.0 Å². The van der Waals surface area contributed by atoms with Crippen LogP contribution in [0, 0.1) is 0 Å². The highest BCUT2D eigenvalue weighted by atomic mass is 16.2. The molecule has 2 heteroatoms. The molecule has 1 aliphatic rings. The zero-order valence-corrected chi connectivity index (χ0v) is 11.4. The Morgan fingerprint density at radius 2 is 2.12 bits per heavy atom. The molecule has 0 aromatic carbocycles. The lowest BCUT2D eigenvalue weighted by atomic mass is 9.99. The summed E-state index contributed by atoms with van der Waals surface area (Å²) in [6.45, 7) is 8.70. The van der Waals surface area contributed by atoms with Crippen molar-refractivity contribution in [2.24, 2.45) is 0 Å². The second kappa shape index (κ2) is 5.85. The molecule has 0 aromatic heterocycles. The van der Waals surface area contributed by atoms with Crippen molar-refractivity contribution in [1.82, 2.24) is 4.90 Å². The van der Waals surface area contributed by atoms with E-state index in [0.717, 1.165) is 19.4 Å². The van der Waals surface area contributed by atoms with Crippen molar-refractivity contribution < 1.29 is 4.79 Å². The Balaban J connectivity index is 2.91. The molecule has 0 fully saturated rings. The Kier molecular flexibility index (Phi) is 4.73. The lowest BCUT2D eigenvalue weighted by molar-refractivity contribution is -0.132. The topological polar surface area (TPSA) is 20.3 Å². The van der Waals surface area contributed by atoms with E-state index in [-0.39, 0.29) is 11.4 Å². The monoisotopic (exact) mass is 233 g/mol. The van der Waals surface area contributed by atoms with Crippen LogP contribution in [0.3, 0.4) is 0 Å². The van der Waals surface area contributed by atoms with Crippen molar-refractivity contribution in [3.63, 3.8) is 0 Å². The van der Waals surface area contributed by atoms with Crippen molar-refractivity contribution >= 4 is 5.91 Å². The first-order chi connectivity index (χ1) is 7.97. The maximum Gasteiger partial charge on any atom is 0.220 e. The van der Waals surface area contributed by atoms with E-state index in [4.69, 9.17) is 0 Å². The van der Waals surface area contributed by atoms with E-state index in [1.165, 1.54) is 5.57 Å².